The fraction of sp³-hybridized carbons (Fsp3) is 0.333. The molecule has 0 saturated carbocycles. The molecule has 2 heteroatoms. The molecule has 1 aromatic rings. The molecule has 0 bridgehead atoms. The molecule has 0 radical (unpaired) electrons. The zero-order chi connectivity index (χ0) is 7.68. The molecular weight excluding hydrogens is 138 g/mol. The Hall–Kier alpha value is -1.02. The van der Waals surface area contributed by atoms with Gasteiger partial charge in [0.25, 0.3) is 0 Å². The van der Waals surface area contributed by atoms with Crippen LogP contribution >= 0.6 is 0 Å². The quantitative estimate of drug-likeness (QED) is 0.658. The van der Waals surface area contributed by atoms with Crippen LogP contribution in [0.15, 0.2) is 24.3 Å². The summed E-state index contributed by atoms with van der Waals surface area (Å²) in [5.41, 5.74) is 2.64. The lowest BCUT2D eigenvalue weighted by molar-refractivity contribution is 0.291. The summed E-state index contributed by atoms with van der Waals surface area (Å²) in [6, 6.07) is 8.29. The smallest absolute Gasteiger partial charge is 0.0652 e. The number of nitrogens with zero attached hydrogens (tertiary/aromatic N) is 1. The van der Waals surface area contributed by atoms with Gasteiger partial charge < -0.3 is 10.0 Å². The van der Waals surface area contributed by atoms with Crippen LogP contribution in [0, 0.1) is 0 Å². The van der Waals surface area contributed by atoms with Gasteiger partial charge in [-0.25, -0.2) is 0 Å². The highest BCUT2D eigenvalue weighted by molar-refractivity contribution is 5.92. The first-order valence-electron chi connectivity index (χ1n) is 3.91. The highest BCUT2D eigenvalue weighted by Gasteiger charge is 2.26. The van der Waals surface area contributed by atoms with Crippen molar-refractivity contribution in [3.8, 4) is 0 Å². The van der Waals surface area contributed by atoms with Crippen molar-refractivity contribution in [3.05, 3.63) is 24.3 Å². The number of benzene rings is 1. The summed E-state index contributed by atoms with van der Waals surface area (Å²) >= 11 is 0. The average molecular weight is 149 g/mol. The Bertz CT molecular complexity index is 236. The number of hydrogen-bond acceptors (Lipinski definition) is 2. The zero-order valence-electron chi connectivity index (χ0n) is 6.33. The van der Waals surface area contributed by atoms with Crippen molar-refractivity contribution in [1.82, 2.24) is 0 Å². The fourth-order valence-electron chi connectivity index (χ4n) is 1.34. The minimum absolute atomic E-state index is 0.282. The lowest BCUT2D eigenvalue weighted by atomic mass is 10.4. The van der Waals surface area contributed by atoms with Gasteiger partial charge in [-0.3, -0.25) is 0 Å². The molecule has 1 heterocycles. The van der Waals surface area contributed by atoms with E-state index in [0.29, 0.717) is 0 Å². The lowest BCUT2D eigenvalue weighted by Crippen LogP contribution is -2.03. The highest BCUT2D eigenvalue weighted by Crippen LogP contribution is 2.46. The van der Waals surface area contributed by atoms with E-state index in [4.69, 9.17) is 5.11 Å². The molecule has 0 aromatic heterocycles. The van der Waals surface area contributed by atoms with Crippen molar-refractivity contribution in [1.29, 1.82) is 0 Å². The molecule has 2 rings (SSSR count). The van der Waals surface area contributed by atoms with E-state index in [1.54, 1.807) is 0 Å². The Kier molecular flexibility index (Phi) is 1.55. The second-order valence-corrected chi connectivity index (χ2v) is 2.72. The molecular formula is C9H11NO. The van der Waals surface area contributed by atoms with Gasteiger partial charge in [0.2, 0.25) is 0 Å². The van der Waals surface area contributed by atoms with E-state index < -0.39 is 0 Å². The molecule has 0 saturated heterocycles. The number of aliphatic hydroxyl groups excluding tert-OH is 1. The third kappa shape index (κ3) is 1.10. The first-order chi connectivity index (χ1) is 5.43. The van der Waals surface area contributed by atoms with Crippen LogP contribution in [0.25, 0.3) is 0 Å². The van der Waals surface area contributed by atoms with E-state index in [2.05, 4.69) is 17.0 Å². The van der Waals surface area contributed by atoms with E-state index in [-0.39, 0.29) is 6.61 Å². The highest BCUT2D eigenvalue weighted by atomic mass is 16.3. The van der Waals surface area contributed by atoms with Gasteiger partial charge in [-0.15, -0.1) is 0 Å². The van der Waals surface area contributed by atoms with Crippen LogP contribution in [0.5, 0.6) is 0 Å². The summed E-state index contributed by atoms with van der Waals surface area (Å²) < 4.78 is 0. The minimum Gasteiger partial charge on any atom is -0.396 e. The number of para-hydroxylation sites is 2. The third-order valence-corrected chi connectivity index (χ3v) is 1.95. The molecule has 0 fully saturated rings. The zero-order valence-corrected chi connectivity index (χ0v) is 6.33. The van der Waals surface area contributed by atoms with Gasteiger partial charge in [-0.2, -0.15) is 0 Å². The van der Waals surface area contributed by atoms with Crippen molar-refractivity contribution < 1.29 is 5.11 Å². The van der Waals surface area contributed by atoms with Crippen LogP contribution in [0.1, 0.15) is 6.42 Å². The fourth-order valence-corrected chi connectivity index (χ4v) is 1.34. The number of fused-ring (bicyclic) bond motifs is 1. The molecule has 1 aromatic carbocycles. The molecule has 1 N–H and O–H groups in total. The van der Waals surface area contributed by atoms with Crippen molar-refractivity contribution in [2.75, 3.05) is 18.1 Å². The van der Waals surface area contributed by atoms with Gasteiger partial charge in [0.15, 0.2) is 0 Å². The van der Waals surface area contributed by atoms with E-state index in [1.165, 1.54) is 11.4 Å². The molecule has 1 aliphatic rings. The van der Waals surface area contributed by atoms with Gasteiger partial charge in [0.1, 0.15) is 0 Å². The van der Waals surface area contributed by atoms with E-state index in [0.717, 1.165) is 13.0 Å². The summed E-state index contributed by atoms with van der Waals surface area (Å²) in [5.74, 6) is 0. The summed E-state index contributed by atoms with van der Waals surface area (Å²) in [5, 5.41) is 8.60. The normalized spacial score (nSPS) is 13.0. The molecule has 0 unspecified atom stereocenters. The van der Waals surface area contributed by atoms with E-state index in [1.807, 2.05) is 12.1 Å². The maximum atomic E-state index is 8.60. The monoisotopic (exact) mass is 149 g/mol. The number of hydrogen-bond donors (Lipinski definition) is 1. The number of aliphatic hydroxyl groups is 1. The Morgan fingerprint density at radius 1 is 1.18 bits per heavy atom. The summed E-state index contributed by atoms with van der Waals surface area (Å²) in [6.45, 7) is 1.24. The van der Waals surface area contributed by atoms with Crippen LogP contribution in [0.4, 0.5) is 11.4 Å². The molecule has 0 amide bonds. The lowest BCUT2D eigenvalue weighted by Gasteiger charge is -1.98. The van der Waals surface area contributed by atoms with Crippen LogP contribution in [0.3, 0.4) is 0 Å². The summed E-state index contributed by atoms with van der Waals surface area (Å²) in [4.78, 5) is 2.22. The summed E-state index contributed by atoms with van der Waals surface area (Å²) in [6.07, 6.45) is 0.856. The molecule has 58 valence electrons. The van der Waals surface area contributed by atoms with Crippen molar-refractivity contribution in [2.45, 2.75) is 6.42 Å². The van der Waals surface area contributed by atoms with Crippen LogP contribution < -0.4 is 4.90 Å². The Morgan fingerprint density at radius 3 is 2.36 bits per heavy atom. The van der Waals surface area contributed by atoms with Crippen LogP contribution in [0.2, 0.25) is 0 Å². The van der Waals surface area contributed by atoms with Crippen LogP contribution in [-0.2, 0) is 0 Å². The van der Waals surface area contributed by atoms with Gasteiger partial charge in [-0.1, -0.05) is 12.1 Å². The second-order valence-electron chi connectivity index (χ2n) is 2.72. The van der Waals surface area contributed by atoms with Gasteiger partial charge in [0, 0.05) is 13.2 Å². The minimum atomic E-state index is 0.282. The van der Waals surface area contributed by atoms with Crippen molar-refractivity contribution in [2.24, 2.45) is 0 Å². The molecule has 1 aliphatic heterocycles. The standard InChI is InChI=1S/C9H11NO/c11-7-3-6-10-8-4-1-2-5-9(8)10/h1-2,4-5,11H,3,6-7H2. The summed E-state index contributed by atoms with van der Waals surface area (Å²) in [7, 11) is 0. The van der Waals surface area contributed by atoms with Gasteiger partial charge >= 0.3 is 0 Å². The largest absolute Gasteiger partial charge is 0.396 e. The van der Waals surface area contributed by atoms with E-state index in [9.17, 15) is 0 Å². The predicted molar refractivity (Wildman–Crippen MR) is 45.2 cm³/mol. The number of rotatable bonds is 3. The van der Waals surface area contributed by atoms with Crippen LogP contribution in [-0.4, -0.2) is 18.3 Å². The SMILES string of the molecule is OCCCN1c2ccccc21. The predicted octanol–water partition coefficient (Wildman–Crippen LogP) is 1.52. The Morgan fingerprint density at radius 2 is 1.82 bits per heavy atom. The molecule has 2 nitrogen and oxygen atoms in total. The second kappa shape index (κ2) is 2.55. The maximum absolute atomic E-state index is 8.60. The topological polar surface area (TPSA) is 23.2 Å². The first-order valence-corrected chi connectivity index (χ1v) is 3.91. The van der Waals surface area contributed by atoms with Crippen molar-refractivity contribution in [3.63, 3.8) is 0 Å². The Balaban J connectivity index is 1.96. The third-order valence-electron chi connectivity index (χ3n) is 1.95. The molecule has 11 heavy (non-hydrogen) atoms. The first kappa shape index (κ1) is 6.68. The van der Waals surface area contributed by atoms with Crippen molar-refractivity contribution >= 4 is 11.4 Å². The average Bonchev–Trinajstić information content (AvgIpc) is 2.75. The Labute approximate surface area is 66.1 Å². The van der Waals surface area contributed by atoms with Gasteiger partial charge in [-0.05, 0) is 18.6 Å². The molecule has 0 atom stereocenters. The van der Waals surface area contributed by atoms with Gasteiger partial charge in [0.05, 0.1) is 11.4 Å². The number of anilines is 2. The maximum Gasteiger partial charge on any atom is 0.0652 e. The molecule has 0 spiro atoms. The van der Waals surface area contributed by atoms with E-state index >= 15 is 0 Å². The molecule has 0 aliphatic carbocycles.